The Labute approximate surface area is 222 Å². The Morgan fingerprint density at radius 1 is 1.19 bits per heavy atom. The molecule has 11 heteroatoms. The molecular weight excluding hydrogens is 473 g/mol. The quantitative estimate of drug-likeness (QED) is 0.551. The SMILES string of the molecule is CC(C)[C@H](NC(=O)OC(C)(C)C)C(=O)N1CC[C@H](CN(C)c2ncc(B3OC(C)(C)C(C)(C)O3)cn2)C1. The van der Waals surface area contributed by atoms with Crippen LogP contribution in [0.25, 0.3) is 0 Å². The van der Waals surface area contributed by atoms with Gasteiger partial charge in [0.05, 0.1) is 11.2 Å². The van der Waals surface area contributed by atoms with E-state index in [-0.39, 0.29) is 17.7 Å². The van der Waals surface area contributed by atoms with Gasteiger partial charge in [0.1, 0.15) is 11.6 Å². The largest absolute Gasteiger partial charge is 0.498 e. The number of aromatic nitrogens is 2. The monoisotopic (exact) mass is 517 g/mol. The van der Waals surface area contributed by atoms with Gasteiger partial charge in [-0.3, -0.25) is 4.79 Å². The van der Waals surface area contributed by atoms with Gasteiger partial charge in [-0.05, 0) is 66.7 Å². The molecule has 1 aromatic rings. The predicted molar refractivity (Wildman–Crippen MR) is 144 cm³/mol. The van der Waals surface area contributed by atoms with E-state index < -0.39 is 36.1 Å². The minimum absolute atomic E-state index is 0.0577. The molecule has 0 spiro atoms. The third kappa shape index (κ3) is 7.13. The molecule has 0 aliphatic carbocycles. The summed E-state index contributed by atoms with van der Waals surface area (Å²) < 4.78 is 17.5. The summed E-state index contributed by atoms with van der Waals surface area (Å²) in [5.41, 5.74) is -0.681. The van der Waals surface area contributed by atoms with Crippen LogP contribution in [0.4, 0.5) is 10.7 Å². The van der Waals surface area contributed by atoms with Crippen LogP contribution in [0.2, 0.25) is 0 Å². The van der Waals surface area contributed by atoms with Crippen molar-refractivity contribution in [3.63, 3.8) is 0 Å². The Balaban J connectivity index is 1.55. The molecule has 0 saturated carbocycles. The highest BCUT2D eigenvalue weighted by Crippen LogP contribution is 2.36. The van der Waals surface area contributed by atoms with Crippen molar-refractivity contribution < 1.29 is 23.6 Å². The van der Waals surface area contributed by atoms with Crippen molar-refractivity contribution in [2.24, 2.45) is 11.8 Å². The number of nitrogens with zero attached hydrogens (tertiary/aromatic N) is 4. The van der Waals surface area contributed by atoms with Crippen LogP contribution in [-0.2, 0) is 18.8 Å². The molecule has 206 valence electrons. The predicted octanol–water partition coefficient (Wildman–Crippen LogP) is 2.61. The van der Waals surface area contributed by atoms with Gasteiger partial charge in [0.25, 0.3) is 0 Å². The van der Waals surface area contributed by atoms with Gasteiger partial charge in [-0.15, -0.1) is 0 Å². The van der Waals surface area contributed by atoms with Crippen LogP contribution < -0.4 is 15.7 Å². The molecule has 2 saturated heterocycles. The Morgan fingerprint density at radius 2 is 1.76 bits per heavy atom. The number of ether oxygens (including phenoxy) is 1. The highest BCUT2D eigenvalue weighted by Gasteiger charge is 2.52. The zero-order chi connectivity index (χ0) is 27.8. The van der Waals surface area contributed by atoms with E-state index in [1.54, 1.807) is 33.2 Å². The van der Waals surface area contributed by atoms with Crippen LogP contribution in [0.1, 0.15) is 68.7 Å². The number of nitrogens with one attached hydrogen (secondary N) is 1. The lowest BCUT2D eigenvalue weighted by Gasteiger charge is -2.32. The standard InChI is InChI=1S/C26H44BN5O5/c1-17(2)20(30-23(34)35-24(3,4)5)21(33)32-12-11-18(16-32)15-31(10)22-28-13-19(14-29-22)27-36-25(6,7)26(8,9)37-27/h13-14,17-18,20H,11-12,15-16H2,1-10H3,(H,30,34)/t18-,20+/m1/s1. The van der Waals surface area contributed by atoms with Gasteiger partial charge in [-0.1, -0.05) is 13.8 Å². The molecular formula is C26H44BN5O5. The Kier molecular flexibility index (Phi) is 8.49. The van der Waals surface area contributed by atoms with Crippen molar-refractivity contribution in [1.29, 1.82) is 0 Å². The fourth-order valence-electron chi connectivity index (χ4n) is 4.42. The molecule has 0 unspecified atom stereocenters. The summed E-state index contributed by atoms with van der Waals surface area (Å²) >= 11 is 0. The van der Waals surface area contributed by atoms with Crippen molar-refractivity contribution in [3.8, 4) is 0 Å². The average Bonchev–Trinajstić information content (AvgIpc) is 3.31. The summed E-state index contributed by atoms with van der Waals surface area (Å²) in [5, 5.41) is 2.77. The van der Waals surface area contributed by atoms with Gasteiger partial charge in [0.2, 0.25) is 11.9 Å². The van der Waals surface area contributed by atoms with E-state index in [4.69, 9.17) is 14.0 Å². The fraction of sp³-hybridized carbons (Fsp3) is 0.769. The second-order valence-electron chi connectivity index (χ2n) is 12.6. The van der Waals surface area contributed by atoms with Crippen LogP contribution >= 0.6 is 0 Å². The Bertz CT molecular complexity index is 947. The zero-order valence-electron chi connectivity index (χ0n) is 24.1. The molecule has 1 aromatic heterocycles. The lowest BCUT2D eigenvalue weighted by atomic mass is 9.81. The number of rotatable bonds is 7. The van der Waals surface area contributed by atoms with Gasteiger partial charge in [-0.2, -0.15) is 0 Å². The molecule has 10 nitrogen and oxygen atoms in total. The van der Waals surface area contributed by atoms with Crippen LogP contribution in [0.3, 0.4) is 0 Å². The van der Waals surface area contributed by atoms with Crippen molar-refractivity contribution >= 4 is 30.5 Å². The van der Waals surface area contributed by atoms with E-state index >= 15 is 0 Å². The summed E-state index contributed by atoms with van der Waals surface area (Å²) in [6.45, 7) is 19.3. The summed E-state index contributed by atoms with van der Waals surface area (Å²) in [7, 11) is 1.46. The molecule has 2 amide bonds. The molecule has 2 fully saturated rings. The number of hydrogen-bond acceptors (Lipinski definition) is 8. The van der Waals surface area contributed by atoms with Crippen molar-refractivity contribution in [2.75, 3.05) is 31.6 Å². The number of anilines is 1. The molecule has 37 heavy (non-hydrogen) atoms. The van der Waals surface area contributed by atoms with Crippen LogP contribution in [0.15, 0.2) is 12.4 Å². The third-order valence-corrected chi connectivity index (χ3v) is 7.26. The van der Waals surface area contributed by atoms with Crippen molar-refractivity contribution in [1.82, 2.24) is 20.2 Å². The Morgan fingerprint density at radius 3 is 2.27 bits per heavy atom. The maximum atomic E-state index is 13.2. The minimum Gasteiger partial charge on any atom is -0.444 e. The number of carbonyl (C=O) groups is 2. The van der Waals surface area contributed by atoms with Crippen LogP contribution in [0, 0.1) is 11.8 Å². The highest BCUT2D eigenvalue weighted by molar-refractivity contribution is 6.61. The molecule has 3 heterocycles. The lowest BCUT2D eigenvalue weighted by molar-refractivity contribution is -0.133. The maximum Gasteiger partial charge on any atom is 0.498 e. The van der Waals surface area contributed by atoms with E-state index in [0.717, 1.165) is 11.9 Å². The van der Waals surface area contributed by atoms with Crippen LogP contribution in [-0.4, -0.2) is 83.5 Å². The van der Waals surface area contributed by atoms with E-state index in [0.29, 0.717) is 25.6 Å². The van der Waals surface area contributed by atoms with E-state index in [1.165, 1.54) is 0 Å². The number of amides is 2. The number of likely N-dealkylation sites (tertiary alicyclic amines) is 1. The number of carbonyl (C=O) groups excluding carboxylic acids is 2. The second kappa shape index (κ2) is 10.8. The van der Waals surface area contributed by atoms with E-state index in [9.17, 15) is 9.59 Å². The van der Waals surface area contributed by atoms with Gasteiger partial charge in [-0.25, -0.2) is 14.8 Å². The van der Waals surface area contributed by atoms with Gasteiger partial charge in [0, 0.05) is 44.5 Å². The van der Waals surface area contributed by atoms with Gasteiger partial charge >= 0.3 is 13.2 Å². The fourth-order valence-corrected chi connectivity index (χ4v) is 4.42. The van der Waals surface area contributed by atoms with Gasteiger partial charge < -0.3 is 29.2 Å². The first-order valence-electron chi connectivity index (χ1n) is 13.2. The zero-order valence-corrected chi connectivity index (χ0v) is 24.1. The first kappa shape index (κ1) is 29.2. The topological polar surface area (TPSA) is 106 Å². The van der Waals surface area contributed by atoms with Crippen LogP contribution in [0.5, 0.6) is 0 Å². The molecule has 2 aliphatic rings. The second-order valence-corrected chi connectivity index (χ2v) is 12.6. The first-order chi connectivity index (χ1) is 17.0. The average molecular weight is 517 g/mol. The Hall–Kier alpha value is -2.40. The molecule has 0 aromatic carbocycles. The summed E-state index contributed by atoms with van der Waals surface area (Å²) in [5.74, 6) is 0.748. The molecule has 0 bridgehead atoms. The lowest BCUT2D eigenvalue weighted by Crippen LogP contribution is -2.51. The third-order valence-electron chi connectivity index (χ3n) is 7.26. The first-order valence-corrected chi connectivity index (χ1v) is 13.2. The molecule has 0 radical (unpaired) electrons. The number of hydrogen-bond donors (Lipinski definition) is 1. The minimum atomic E-state index is -0.628. The summed E-state index contributed by atoms with van der Waals surface area (Å²) in [6.07, 6.45) is 3.80. The maximum absolute atomic E-state index is 13.2. The van der Waals surface area contributed by atoms with Gasteiger partial charge in [0.15, 0.2) is 0 Å². The smallest absolute Gasteiger partial charge is 0.444 e. The molecule has 2 atom stereocenters. The van der Waals surface area contributed by atoms with Crippen molar-refractivity contribution in [2.45, 2.75) is 91.6 Å². The number of alkyl carbamates (subject to hydrolysis) is 1. The molecule has 2 aliphatic heterocycles. The normalized spacial score (nSPS) is 21.8. The van der Waals surface area contributed by atoms with Crippen molar-refractivity contribution in [3.05, 3.63) is 12.4 Å². The highest BCUT2D eigenvalue weighted by atomic mass is 16.7. The summed E-state index contributed by atoms with van der Waals surface area (Å²) in [6, 6.07) is -0.628. The van der Waals surface area contributed by atoms with E-state index in [2.05, 4.69) is 15.3 Å². The van der Waals surface area contributed by atoms with E-state index in [1.807, 2.05) is 58.4 Å². The molecule has 3 rings (SSSR count). The molecule has 1 N–H and O–H groups in total. The summed E-state index contributed by atoms with van der Waals surface area (Å²) in [4.78, 5) is 38.5.